The first-order valence-electron chi connectivity index (χ1n) is 9.28. The highest BCUT2D eigenvalue weighted by Crippen LogP contribution is 2.31. The molecule has 25 heavy (non-hydrogen) atoms. The van der Waals surface area contributed by atoms with E-state index in [4.69, 9.17) is 9.73 Å². The second-order valence-corrected chi connectivity index (χ2v) is 7.57. The minimum atomic E-state index is -0.0249. The van der Waals surface area contributed by atoms with Crippen molar-refractivity contribution in [3.8, 4) is 0 Å². The number of nitrogens with zero attached hydrogens (tertiary/aromatic N) is 1. The highest BCUT2D eigenvalue weighted by atomic mass is 16.5. The molecule has 1 saturated heterocycles. The summed E-state index contributed by atoms with van der Waals surface area (Å²) < 4.78 is 5.57. The third kappa shape index (κ3) is 5.72. The monoisotopic (exact) mass is 347 g/mol. The van der Waals surface area contributed by atoms with E-state index in [9.17, 15) is 5.11 Å². The van der Waals surface area contributed by atoms with Crippen molar-refractivity contribution < 1.29 is 9.84 Å². The van der Waals surface area contributed by atoms with Crippen LogP contribution in [-0.4, -0.2) is 50.5 Å². The molecule has 140 valence electrons. The number of ether oxygens (including phenoxy) is 1. The van der Waals surface area contributed by atoms with Gasteiger partial charge in [-0.15, -0.1) is 0 Å². The third-order valence-corrected chi connectivity index (χ3v) is 4.99. The summed E-state index contributed by atoms with van der Waals surface area (Å²) in [5.74, 6) is 0.829. The van der Waals surface area contributed by atoms with Crippen LogP contribution in [0.2, 0.25) is 0 Å². The standard InChI is InChI=1S/C20H33N3O2/c1-4-21-18(23-15-20(10-12-24)11-13-25-16-20)22-14-19(2,3)17-8-6-5-7-9-17/h5-9,24H,4,10-16H2,1-3H3,(H2,21,22,23). The van der Waals surface area contributed by atoms with E-state index in [0.29, 0.717) is 13.2 Å². The summed E-state index contributed by atoms with van der Waals surface area (Å²) >= 11 is 0. The van der Waals surface area contributed by atoms with E-state index >= 15 is 0 Å². The largest absolute Gasteiger partial charge is 0.396 e. The molecule has 0 aliphatic carbocycles. The zero-order chi connectivity index (χ0) is 18.2. The summed E-state index contributed by atoms with van der Waals surface area (Å²) in [4.78, 5) is 4.80. The summed E-state index contributed by atoms with van der Waals surface area (Å²) in [5, 5.41) is 16.2. The van der Waals surface area contributed by atoms with E-state index in [1.165, 1.54) is 5.56 Å². The quantitative estimate of drug-likeness (QED) is 0.499. The Morgan fingerprint density at radius 1 is 1.28 bits per heavy atom. The van der Waals surface area contributed by atoms with Crippen molar-refractivity contribution in [1.82, 2.24) is 10.6 Å². The van der Waals surface area contributed by atoms with Gasteiger partial charge in [-0.2, -0.15) is 0 Å². The molecule has 1 aromatic rings. The molecule has 0 aromatic heterocycles. The van der Waals surface area contributed by atoms with Gasteiger partial charge in [0.1, 0.15) is 0 Å². The lowest BCUT2D eigenvalue weighted by molar-refractivity contribution is 0.127. The highest BCUT2D eigenvalue weighted by Gasteiger charge is 2.34. The van der Waals surface area contributed by atoms with Gasteiger partial charge in [0.05, 0.1) is 13.2 Å². The summed E-state index contributed by atoms with van der Waals surface area (Å²) in [6, 6.07) is 10.5. The van der Waals surface area contributed by atoms with Crippen molar-refractivity contribution in [2.45, 2.75) is 39.0 Å². The van der Waals surface area contributed by atoms with Gasteiger partial charge in [-0.05, 0) is 25.3 Å². The van der Waals surface area contributed by atoms with E-state index in [-0.39, 0.29) is 17.4 Å². The van der Waals surface area contributed by atoms with Crippen molar-refractivity contribution >= 4 is 5.96 Å². The zero-order valence-corrected chi connectivity index (χ0v) is 15.8. The average molecular weight is 348 g/mol. The maximum absolute atomic E-state index is 9.37. The molecule has 1 atom stereocenters. The van der Waals surface area contributed by atoms with Crippen LogP contribution in [0.4, 0.5) is 0 Å². The van der Waals surface area contributed by atoms with Crippen LogP contribution in [0.1, 0.15) is 39.2 Å². The number of benzene rings is 1. The Labute approximate surface area is 151 Å². The summed E-state index contributed by atoms with van der Waals surface area (Å²) in [6.45, 7) is 10.5. The van der Waals surface area contributed by atoms with Gasteiger partial charge in [0.25, 0.3) is 0 Å². The van der Waals surface area contributed by atoms with Gasteiger partial charge in [0.15, 0.2) is 5.96 Å². The predicted octanol–water partition coefficient (Wildman–Crippen LogP) is 2.31. The lowest BCUT2D eigenvalue weighted by Crippen LogP contribution is -2.45. The SMILES string of the molecule is CCNC(=NCC(C)(C)c1ccccc1)NCC1(CCO)CCOC1. The molecular formula is C20H33N3O2. The van der Waals surface area contributed by atoms with Gasteiger partial charge in [-0.3, -0.25) is 4.99 Å². The molecule has 1 aromatic carbocycles. The number of aliphatic hydroxyl groups excluding tert-OH is 1. The van der Waals surface area contributed by atoms with Crippen LogP contribution in [0.3, 0.4) is 0 Å². The number of rotatable bonds is 8. The molecule has 1 aliphatic heterocycles. The van der Waals surface area contributed by atoms with Crippen LogP contribution in [0.25, 0.3) is 0 Å². The van der Waals surface area contributed by atoms with Crippen LogP contribution < -0.4 is 10.6 Å². The molecule has 0 saturated carbocycles. The van der Waals surface area contributed by atoms with Gasteiger partial charge >= 0.3 is 0 Å². The van der Waals surface area contributed by atoms with Crippen LogP contribution >= 0.6 is 0 Å². The average Bonchev–Trinajstić information content (AvgIpc) is 3.07. The van der Waals surface area contributed by atoms with Gasteiger partial charge in [0, 0.05) is 37.1 Å². The van der Waals surface area contributed by atoms with Crippen LogP contribution in [0, 0.1) is 5.41 Å². The second kappa shape index (κ2) is 9.20. The number of aliphatic imine (C=N–C) groups is 1. The molecule has 1 aliphatic rings. The topological polar surface area (TPSA) is 65.9 Å². The number of hydrogen-bond donors (Lipinski definition) is 3. The normalized spacial score (nSPS) is 21.4. The van der Waals surface area contributed by atoms with Crippen molar-refractivity contribution in [3.63, 3.8) is 0 Å². The Morgan fingerprint density at radius 2 is 2.04 bits per heavy atom. The molecule has 0 radical (unpaired) electrons. The fraction of sp³-hybridized carbons (Fsp3) is 0.650. The highest BCUT2D eigenvalue weighted by molar-refractivity contribution is 5.79. The minimum absolute atomic E-state index is 0.0138. The van der Waals surface area contributed by atoms with Crippen molar-refractivity contribution in [3.05, 3.63) is 35.9 Å². The van der Waals surface area contributed by atoms with Gasteiger partial charge < -0.3 is 20.5 Å². The number of hydrogen-bond acceptors (Lipinski definition) is 3. The first-order valence-corrected chi connectivity index (χ1v) is 9.28. The lowest BCUT2D eigenvalue weighted by Gasteiger charge is -2.28. The summed E-state index contributed by atoms with van der Waals surface area (Å²) in [7, 11) is 0. The van der Waals surface area contributed by atoms with E-state index in [0.717, 1.165) is 38.5 Å². The molecule has 0 bridgehead atoms. The maximum atomic E-state index is 9.37. The zero-order valence-electron chi connectivity index (χ0n) is 15.8. The molecular weight excluding hydrogens is 314 g/mol. The molecule has 5 heteroatoms. The van der Waals surface area contributed by atoms with E-state index in [1.807, 2.05) is 6.07 Å². The van der Waals surface area contributed by atoms with Gasteiger partial charge in [-0.25, -0.2) is 0 Å². The van der Waals surface area contributed by atoms with Crippen LogP contribution in [-0.2, 0) is 10.2 Å². The molecule has 1 fully saturated rings. The molecule has 2 rings (SSSR count). The molecule has 3 N–H and O–H groups in total. The van der Waals surface area contributed by atoms with Crippen molar-refractivity contribution in [2.75, 3.05) is 39.5 Å². The van der Waals surface area contributed by atoms with Crippen molar-refractivity contribution in [1.29, 1.82) is 0 Å². The molecule has 0 spiro atoms. The summed E-state index contributed by atoms with van der Waals surface area (Å²) in [6.07, 6.45) is 1.74. The Balaban J connectivity index is 2.00. The van der Waals surface area contributed by atoms with Gasteiger partial charge in [-0.1, -0.05) is 44.2 Å². The Bertz CT molecular complexity index is 537. The Morgan fingerprint density at radius 3 is 2.64 bits per heavy atom. The lowest BCUT2D eigenvalue weighted by atomic mass is 9.84. The van der Waals surface area contributed by atoms with Crippen LogP contribution in [0.5, 0.6) is 0 Å². The number of guanidine groups is 1. The fourth-order valence-corrected chi connectivity index (χ4v) is 3.18. The first kappa shape index (κ1) is 19.7. The molecule has 1 unspecified atom stereocenters. The van der Waals surface area contributed by atoms with Crippen LogP contribution in [0.15, 0.2) is 35.3 Å². The Kier molecular flexibility index (Phi) is 7.26. The minimum Gasteiger partial charge on any atom is -0.396 e. The van der Waals surface area contributed by atoms with Gasteiger partial charge in [0.2, 0.25) is 0 Å². The molecule has 5 nitrogen and oxygen atoms in total. The smallest absolute Gasteiger partial charge is 0.191 e. The fourth-order valence-electron chi connectivity index (χ4n) is 3.18. The molecule has 0 amide bonds. The number of aliphatic hydroxyl groups is 1. The Hall–Kier alpha value is -1.59. The predicted molar refractivity (Wildman–Crippen MR) is 103 cm³/mol. The first-order chi connectivity index (χ1) is 12.0. The van der Waals surface area contributed by atoms with E-state index in [2.05, 4.69) is 55.7 Å². The number of nitrogens with one attached hydrogen (secondary N) is 2. The van der Waals surface area contributed by atoms with Crippen molar-refractivity contribution in [2.24, 2.45) is 10.4 Å². The molecule has 1 heterocycles. The van der Waals surface area contributed by atoms with E-state index in [1.54, 1.807) is 0 Å². The summed E-state index contributed by atoms with van der Waals surface area (Å²) in [5.41, 5.74) is 1.28. The third-order valence-electron chi connectivity index (χ3n) is 4.99. The maximum Gasteiger partial charge on any atom is 0.191 e. The van der Waals surface area contributed by atoms with E-state index < -0.39 is 0 Å². The second-order valence-electron chi connectivity index (χ2n) is 7.57.